The quantitative estimate of drug-likeness (QED) is 0.445. The minimum atomic E-state index is 0.0199. The van der Waals surface area contributed by atoms with Crippen molar-refractivity contribution in [3.63, 3.8) is 0 Å². The van der Waals surface area contributed by atoms with E-state index in [0.29, 0.717) is 5.57 Å². The van der Waals surface area contributed by atoms with Crippen LogP contribution in [0, 0.1) is 0 Å². The van der Waals surface area contributed by atoms with Crippen LogP contribution in [0.5, 0.6) is 11.5 Å². The molecular formula is C24H23NO2. The molecule has 0 spiro atoms. The maximum absolute atomic E-state index is 12.5. The Bertz CT molecular complexity index is 914. The molecule has 0 aliphatic heterocycles. The molecule has 0 unspecified atom stereocenters. The van der Waals surface area contributed by atoms with Gasteiger partial charge in [-0.2, -0.15) is 0 Å². The molecule has 0 bridgehead atoms. The fraction of sp³-hybridized carbons (Fsp3) is 0.125. The molecule has 0 saturated heterocycles. The number of ether oxygens (including phenoxy) is 1. The Morgan fingerprint density at radius 2 is 1.33 bits per heavy atom. The van der Waals surface area contributed by atoms with Crippen LogP contribution in [0.2, 0.25) is 0 Å². The van der Waals surface area contributed by atoms with Gasteiger partial charge < -0.3 is 10.1 Å². The van der Waals surface area contributed by atoms with Crippen LogP contribution < -0.4 is 10.1 Å². The second kappa shape index (κ2) is 8.86. The number of carbonyl (C=O) groups excluding carboxylic acids is 1. The summed E-state index contributed by atoms with van der Waals surface area (Å²) >= 11 is 0. The topological polar surface area (TPSA) is 38.3 Å². The number of nitrogens with one attached hydrogen (secondary N) is 1. The summed E-state index contributed by atoms with van der Waals surface area (Å²) in [4.78, 5) is 12.5. The first-order valence-corrected chi connectivity index (χ1v) is 9.07. The fourth-order valence-electron chi connectivity index (χ4n) is 2.95. The first-order chi connectivity index (χ1) is 13.2. The van der Waals surface area contributed by atoms with E-state index in [4.69, 9.17) is 4.74 Å². The van der Waals surface area contributed by atoms with E-state index < -0.39 is 0 Å². The Morgan fingerprint density at radius 1 is 0.778 bits per heavy atom. The molecule has 0 atom stereocenters. The van der Waals surface area contributed by atoms with Crippen molar-refractivity contribution in [3.8, 4) is 11.5 Å². The number of hydrogen-bond acceptors (Lipinski definition) is 3. The van der Waals surface area contributed by atoms with Crippen LogP contribution in [0.25, 0.3) is 11.3 Å². The fourth-order valence-corrected chi connectivity index (χ4v) is 2.95. The van der Waals surface area contributed by atoms with Crippen LogP contribution in [0.15, 0.2) is 84.9 Å². The minimum absolute atomic E-state index is 0.0199. The Balaban J connectivity index is 1.98. The van der Waals surface area contributed by atoms with Crippen LogP contribution in [0.3, 0.4) is 0 Å². The summed E-state index contributed by atoms with van der Waals surface area (Å²) in [5.41, 5.74) is 3.38. The van der Waals surface area contributed by atoms with Gasteiger partial charge in [-0.05, 0) is 49.2 Å². The number of benzene rings is 3. The number of allylic oxidation sites excluding steroid dienone is 1. The third-order valence-electron chi connectivity index (χ3n) is 4.14. The van der Waals surface area contributed by atoms with Crippen LogP contribution in [0.1, 0.15) is 25.0 Å². The monoisotopic (exact) mass is 357 g/mol. The summed E-state index contributed by atoms with van der Waals surface area (Å²) in [7, 11) is 0. The average Bonchev–Trinajstić information content (AvgIpc) is 2.70. The van der Waals surface area contributed by atoms with E-state index in [-0.39, 0.29) is 5.78 Å². The van der Waals surface area contributed by atoms with Crippen molar-refractivity contribution in [1.29, 1.82) is 0 Å². The van der Waals surface area contributed by atoms with Crippen LogP contribution in [0.4, 0.5) is 0 Å². The molecule has 0 aromatic heterocycles. The lowest BCUT2D eigenvalue weighted by molar-refractivity contribution is -0.111. The van der Waals surface area contributed by atoms with E-state index in [2.05, 4.69) is 5.32 Å². The molecule has 1 N–H and O–H groups in total. The highest BCUT2D eigenvalue weighted by Crippen LogP contribution is 2.28. The second-order valence-corrected chi connectivity index (χ2v) is 6.14. The average molecular weight is 357 g/mol. The number of Topliss-reactive ketones (excluding diaryl/α,β-unsaturated/α-hetero) is 1. The smallest absolute Gasteiger partial charge is 0.162 e. The lowest BCUT2D eigenvalue weighted by atomic mass is 9.96. The molecule has 3 rings (SSSR count). The van der Waals surface area contributed by atoms with Gasteiger partial charge in [0.05, 0.1) is 5.70 Å². The standard InChI is InChI=1S/C24H23NO2/c1-3-25-24(20-10-6-4-7-11-20)23(18(2)26)19-14-16-22(17-15-19)27-21-12-8-5-9-13-21/h4-17,25H,3H2,1-2H3/b24-23+. The second-order valence-electron chi connectivity index (χ2n) is 6.14. The molecule has 0 amide bonds. The van der Waals surface area contributed by atoms with E-state index in [1.54, 1.807) is 6.92 Å². The largest absolute Gasteiger partial charge is 0.457 e. The third kappa shape index (κ3) is 4.64. The summed E-state index contributed by atoms with van der Waals surface area (Å²) in [6.45, 7) is 4.36. The van der Waals surface area contributed by atoms with E-state index >= 15 is 0 Å². The number of rotatable bonds is 7. The van der Waals surface area contributed by atoms with E-state index in [9.17, 15) is 4.79 Å². The van der Waals surface area contributed by atoms with Crippen LogP contribution >= 0.6 is 0 Å². The van der Waals surface area contributed by atoms with Crippen molar-refractivity contribution in [2.75, 3.05) is 6.54 Å². The zero-order valence-corrected chi connectivity index (χ0v) is 15.6. The number of ketones is 1. The SMILES string of the molecule is CCN/C(=C(\C(C)=O)c1ccc(Oc2ccccc2)cc1)c1ccccc1. The molecule has 0 fully saturated rings. The lowest BCUT2D eigenvalue weighted by Crippen LogP contribution is -2.15. The molecule has 27 heavy (non-hydrogen) atoms. The van der Waals surface area contributed by atoms with E-state index in [1.807, 2.05) is 91.9 Å². The van der Waals surface area contributed by atoms with Crippen molar-refractivity contribution in [2.24, 2.45) is 0 Å². The van der Waals surface area contributed by atoms with Crippen molar-refractivity contribution >= 4 is 17.1 Å². The van der Waals surface area contributed by atoms with Crippen molar-refractivity contribution < 1.29 is 9.53 Å². The van der Waals surface area contributed by atoms with Gasteiger partial charge in [-0.3, -0.25) is 4.79 Å². The molecule has 3 aromatic carbocycles. The molecule has 136 valence electrons. The number of carbonyl (C=O) groups is 1. The Labute approximate surface area is 160 Å². The molecule has 0 aliphatic rings. The molecule has 0 radical (unpaired) electrons. The third-order valence-corrected chi connectivity index (χ3v) is 4.14. The summed E-state index contributed by atoms with van der Waals surface area (Å²) in [5.74, 6) is 1.54. The lowest BCUT2D eigenvalue weighted by Gasteiger charge is -2.16. The van der Waals surface area contributed by atoms with Crippen molar-refractivity contribution in [3.05, 3.63) is 96.1 Å². The Hall–Kier alpha value is -3.33. The summed E-state index contributed by atoms with van der Waals surface area (Å²) in [5, 5.41) is 3.36. The molecule has 3 nitrogen and oxygen atoms in total. The summed E-state index contributed by atoms with van der Waals surface area (Å²) in [6.07, 6.45) is 0. The molecule has 3 heteroatoms. The maximum atomic E-state index is 12.5. The van der Waals surface area contributed by atoms with Crippen molar-refractivity contribution in [2.45, 2.75) is 13.8 Å². The summed E-state index contributed by atoms with van der Waals surface area (Å²) < 4.78 is 5.85. The van der Waals surface area contributed by atoms with Gasteiger partial charge >= 0.3 is 0 Å². The Morgan fingerprint density at radius 3 is 1.89 bits per heavy atom. The highest BCUT2D eigenvalue weighted by Gasteiger charge is 2.15. The van der Waals surface area contributed by atoms with Crippen LogP contribution in [-0.4, -0.2) is 12.3 Å². The predicted molar refractivity (Wildman–Crippen MR) is 111 cm³/mol. The molecule has 3 aromatic rings. The first kappa shape index (κ1) is 18.5. The molecular weight excluding hydrogens is 334 g/mol. The van der Waals surface area contributed by atoms with Gasteiger partial charge in [0.15, 0.2) is 5.78 Å². The zero-order chi connectivity index (χ0) is 19.1. The molecule has 0 saturated carbocycles. The van der Waals surface area contributed by atoms with E-state index in [1.165, 1.54) is 0 Å². The van der Waals surface area contributed by atoms with Gasteiger partial charge in [0.2, 0.25) is 0 Å². The van der Waals surface area contributed by atoms with Crippen molar-refractivity contribution in [1.82, 2.24) is 5.32 Å². The predicted octanol–water partition coefficient (Wildman–Crippen LogP) is 5.55. The Kier molecular flexibility index (Phi) is 6.06. The maximum Gasteiger partial charge on any atom is 0.162 e. The normalized spacial score (nSPS) is 11.5. The number of para-hydroxylation sites is 1. The van der Waals surface area contributed by atoms with E-state index in [0.717, 1.165) is 34.9 Å². The molecule has 0 heterocycles. The van der Waals surface area contributed by atoms with Gasteiger partial charge in [-0.1, -0.05) is 60.7 Å². The van der Waals surface area contributed by atoms with Gasteiger partial charge in [-0.15, -0.1) is 0 Å². The number of hydrogen-bond donors (Lipinski definition) is 1. The highest BCUT2D eigenvalue weighted by atomic mass is 16.5. The van der Waals surface area contributed by atoms with Gasteiger partial charge in [-0.25, -0.2) is 0 Å². The zero-order valence-electron chi connectivity index (χ0n) is 15.6. The van der Waals surface area contributed by atoms with Gasteiger partial charge in [0.1, 0.15) is 11.5 Å². The van der Waals surface area contributed by atoms with Gasteiger partial charge in [0.25, 0.3) is 0 Å². The first-order valence-electron chi connectivity index (χ1n) is 9.07. The minimum Gasteiger partial charge on any atom is -0.457 e. The summed E-state index contributed by atoms with van der Waals surface area (Å²) in [6, 6.07) is 27.2. The van der Waals surface area contributed by atoms with Gasteiger partial charge in [0, 0.05) is 12.1 Å². The highest BCUT2D eigenvalue weighted by molar-refractivity contribution is 6.26. The van der Waals surface area contributed by atoms with Crippen LogP contribution in [-0.2, 0) is 4.79 Å². The molecule has 0 aliphatic carbocycles.